The minimum Gasteiger partial charge on any atom is -0.396 e. The van der Waals surface area contributed by atoms with Crippen LogP contribution in [0.25, 0.3) is 0 Å². The molecule has 1 aliphatic heterocycles. The standard InChI is InChI=1S/C11H17BrN2O3S2/c12-11-2-1-10(18-11)7-13-19(16,17)14-5-3-9(8-15)4-6-14/h1-2,9,13,15H,3-8H2. The molecule has 1 aliphatic rings. The summed E-state index contributed by atoms with van der Waals surface area (Å²) in [5.74, 6) is 0.236. The lowest BCUT2D eigenvalue weighted by molar-refractivity contribution is 0.169. The van der Waals surface area contributed by atoms with Gasteiger partial charge in [-0.05, 0) is 46.8 Å². The van der Waals surface area contributed by atoms with Crippen molar-refractivity contribution in [2.75, 3.05) is 19.7 Å². The van der Waals surface area contributed by atoms with Gasteiger partial charge >= 0.3 is 0 Å². The van der Waals surface area contributed by atoms with Crippen LogP contribution in [0, 0.1) is 5.92 Å². The van der Waals surface area contributed by atoms with Gasteiger partial charge in [-0.2, -0.15) is 17.4 Å². The van der Waals surface area contributed by atoms with Crippen molar-refractivity contribution in [3.8, 4) is 0 Å². The Kier molecular flexibility index (Phi) is 5.38. The average molecular weight is 369 g/mol. The molecule has 2 N–H and O–H groups in total. The second kappa shape index (κ2) is 6.64. The highest BCUT2D eigenvalue weighted by Gasteiger charge is 2.27. The molecule has 0 aromatic carbocycles. The molecule has 1 aromatic rings. The summed E-state index contributed by atoms with van der Waals surface area (Å²) in [6.45, 7) is 1.42. The van der Waals surface area contributed by atoms with Crippen molar-refractivity contribution in [3.05, 3.63) is 20.8 Å². The average Bonchev–Trinajstić information content (AvgIpc) is 2.82. The van der Waals surface area contributed by atoms with Crippen LogP contribution in [0.3, 0.4) is 0 Å². The van der Waals surface area contributed by atoms with E-state index in [4.69, 9.17) is 5.11 Å². The van der Waals surface area contributed by atoms with Gasteiger partial charge in [0.1, 0.15) is 0 Å². The third kappa shape index (κ3) is 4.24. The summed E-state index contributed by atoms with van der Waals surface area (Å²) in [6.07, 6.45) is 1.45. The molecule has 0 unspecified atom stereocenters. The Morgan fingerprint density at radius 1 is 1.42 bits per heavy atom. The second-order valence-corrected chi connectivity index (χ2v) is 8.86. The van der Waals surface area contributed by atoms with E-state index >= 15 is 0 Å². The first-order valence-electron chi connectivity index (χ1n) is 6.11. The summed E-state index contributed by atoms with van der Waals surface area (Å²) in [5.41, 5.74) is 0. The van der Waals surface area contributed by atoms with E-state index in [1.54, 1.807) is 0 Å². The number of hydrogen-bond donors (Lipinski definition) is 2. The molecule has 1 aromatic heterocycles. The van der Waals surface area contributed by atoms with Crippen LogP contribution in [0.15, 0.2) is 15.9 Å². The van der Waals surface area contributed by atoms with Crippen LogP contribution < -0.4 is 4.72 Å². The maximum absolute atomic E-state index is 12.1. The van der Waals surface area contributed by atoms with E-state index in [0.717, 1.165) is 21.5 Å². The zero-order valence-corrected chi connectivity index (χ0v) is 13.6. The number of thiophene rings is 1. The summed E-state index contributed by atoms with van der Waals surface area (Å²) >= 11 is 4.87. The number of hydrogen-bond acceptors (Lipinski definition) is 4. The third-order valence-corrected chi connectivity index (χ3v) is 6.41. The normalized spacial score (nSPS) is 18.8. The van der Waals surface area contributed by atoms with Gasteiger partial charge in [0.15, 0.2) is 0 Å². The number of aliphatic hydroxyl groups is 1. The molecule has 0 spiro atoms. The van der Waals surface area contributed by atoms with Gasteiger partial charge in [0.2, 0.25) is 0 Å². The Hall–Kier alpha value is 0.01000. The highest BCUT2D eigenvalue weighted by atomic mass is 79.9. The van der Waals surface area contributed by atoms with Crippen LogP contribution in [0.1, 0.15) is 17.7 Å². The summed E-state index contributed by atoms with van der Waals surface area (Å²) in [6, 6.07) is 3.80. The van der Waals surface area contributed by atoms with Crippen molar-refractivity contribution < 1.29 is 13.5 Å². The van der Waals surface area contributed by atoms with E-state index in [2.05, 4.69) is 20.7 Å². The first-order chi connectivity index (χ1) is 9.01. The van der Waals surface area contributed by atoms with Crippen molar-refractivity contribution in [2.45, 2.75) is 19.4 Å². The number of aliphatic hydroxyl groups excluding tert-OH is 1. The van der Waals surface area contributed by atoms with Gasteiger partial charge in [-0.15, -0.1) is 11.3 Å². The zero-order valence-electron chi connectivity index (χ0n) is 10.4. The molecular weight excluding hydrogens is 352 g/mol. The minimum absolute atomic E-state index is 0.143. The quantitative estimate of drug-likeness (QED) is 0.828. The molecule has 0 radical (unpaired) electrons. The highest BCUT2D eigenvalue weighted by Crippen LogP contribution is 2.22. The Morgan fingerprint density at radius 3 is 2.63 bits per heavy atom. The van der Waals surface area contributed by atoms with Gasteiger partial charge in [0.25, 0.3) is 10.2 Å². The lowest BCUT2D eigenvalue weighted by Crippen LogP contribution is -2.45. The van der Waals surface area contributed by atoms with E-state index in [9.17, 15) is 8.42 Å². The fourth-order valence-electron chi connectivity index (χ4n) is 2.03. The molecule has 0 amide bonds. The van der Waals surface area contributed by atoms with Gasteiger partial charge < -0.3 is 5.11 Å². The monoisotopic (exact) mass is 368 g/mol. The van der Waals surface area contributed by atoms with E-state index in [1.165, 1.54) is 15.6 Å². The number of piperidine rings is 1. The van der Waals surface area contributed by atoms with E-state index in [0.29, 0.717) is 19.6 Å². The molecule has 0 saturated carbocycles. The molecule has 0 bridgehead atoms. The van der Waals surface area contributed by atoms with Crippen molar-refractivity contribution in [2.24, 2.45) is 5.92 Å². The molecular formula is C11H17BrN2O3S2. The molecule has 5 nitrogen and oxygen atoms in total. The van der Waals surface area contributed by atoms with Gasteiger partial charge in [-0.3, -0.25) is 0 Å². The van der Waals surface area contributed by atoms with Crippen LogP contribution in [-0.4, -0.2) is 37.5 Å². The maximum atomic E-state index is 12.1. The molecule has 8 heteroatoms. The second-order valence-electron chi connectivity index (χ2n) is 4.56. The SMILES string of the molecule is O=S(=O)(NCc1ccc(Br)s1)N1CCC(CO)CC1. The van der Waals surface area contributed by atoms with Gasteiger partial charge in [0.05, 0.1) is 3.79 Å². The first-order valence-corrected chi connectivity index (χ1v) is 9.16. The number of nitrogens with one attached hydrogen (secondary N) is 1. The summed E-state index contributed by atoms with van der Waals surface area (Å²) in [4.78, 5) is 0.973. The largest absolute Gasteiger partial charge is 0.396 e. The Bertz CT molecular complexity index is 510. The van der Waals surface area contributed by atoms with Gasteiger partial charge in [0, 0.05) is 31.1 Å². The van der Waals surface area contributed by atoms with Crippen molar-refractivity contribution in [1.82, 2.24) is 9.03 Å². The lowest BCUT2D eigenvalue weighted by Gasteiger charge is -2.30. The molecule has 0 aliphatic carbocycles. The fraction of sp³-hybridized carbons (Fsp3) is 0.636. The van der Waals surface area contributed by atoms with Gasteiger partial charge in [-0.1, -0.05) is 0 Å². The molecule has 0 atom stereocenters. The van der Waals surface area contributed by atoms with Crippen molar-refractivity contribution in [1.29, 1.82) is 0 Å². The minimum atomic E-state index is -3.41. The Labute approximate surface area is 125 Å². The van der Waals surface area contributed by atoms with Crippen molar-refractivity contribution >= 4 is 37.5 Å². The predicted octanol–water partition coefficient (Wildman–Crippen LogP) is 1.55. The third-order valence-electron chi connectivity index (χ3n) is 3.23. The number of halogens is 1. The molecule has 2 rings (SSSR count). The number of rotatable bonds is 5. The summed E-state index contributed by atoms with van der Waals surface area (Å²) in [7, 11) is -3.41. The van der Waals surface area contributed by atoms with E-state index in [1.807, 2.05) is 12.1 Å². The topological polar surface area (TPSA) is 69.6 Å². The Morgan fingerprint density at radius 2 is 2.11 bits per heavy atom. The van der Waals surface area contributed by atoms with Crippen LogP contribution >= 0.6 is 27.3 Å². The van der Waals surface area contributed by atoms with E-state index in [-0.39, 0.29) is 12.5 Å². The van der Waals surface area contributed by atoms with Crippen LogP contribution in [-0.2, 0) is 16.8 Å². The highest BCUT2D eigenvalue weighted by molar-refractivity contribution is 9.11. The van der Waals surface area contributed by atoms with Gasteiger partial charge in [-0.25, -0.2) is 0 Å². The number of nitrogens with zero attached hydrogens (tertiary/aromatic N) is 1. The molecule has 1 fully saturated rings. The Balaban J connectivity index is 1.88. The lowest BCUT2D eigenvalue weighted by atomic mass is 10.00. The van der Waals surface area contributed by atoms with Crippen molar-refractivity contribution in [3.63, 3.8) is 0 Å². The van der Waals surface area contributed by atoms with Crippen LogP contribution in [0.2, 0.25) is 0 Å². The van der Waals surface area contributed by atoms with Crippen LogP contribution in [0.5, 0.6) is 0 Å². The molecule has 2 heterocycles. The fourth-order valence-corrected chi connectivity index (χ4v) is 4.76. The first kappa shape index (κ1) is 15.4. The van der Waals surface area contributed by atoms with E-state index < -0.39 is 10.2 Å². The summed E-state index contributed by atoms with van der Waals surface area (Å²) in [5, 5.41) is 9.05. The summed E-state index contributed by atoms with van der Waals surface area (Å²) < 4.78 is 29.3. The smallest absolute Gasteiger partial charge is 0.279 e. The zero-order chi connectivity index (χ0) is 13.9. The predicted molar refractivity (Wildman–Crippen MR) is 79.2 cm³/mol. The van der Waals surface area contributed by atoms with Crippen LogP contribution in [0.4, 0.5) is 0 Å². The molecule has 1 saturated heterocycles. The molecule has 108 valence electrons. The maximum Gasteiger partial charge on any atom is 0.279 e. The molecule has 19 heavy (non-hydrogen) atoms.